The van der Waals surface area contributed by atoms with Crippen molar-refractivity contribution in [3.63, 3.8) is 0 Å². The Kier molecular flexibility index (Phi) is 4.53. The van der Waals surface area contributed by atoms with Crippen LogP contribution in [0, 0.1) is 0 Å². The second kappa shape index (κ2) is 6.93. The number of hydrogen-bond donors (Lipinski definition) is 0. The summed E-state index contributed by atoms with van der Waals surface area (Å²) in [6.07, 6.45) is 0.378. The van der Waals surface area contributed by atoms with Gasteiger partial charge >= 0.3 is 5.97 Å². The van der Waals surface area contributed by atoms with Crippen LogP contribution in [0.25, 0.3) is 22.3 Å². The zero-order valence-electron chi connectivity index (χ0n) is 13.0. The fourth-order valence-corrected chi connectivity index (χ4v) is 2.40. The van der Waals surface area contributed by atoms with Crippen LogP contribution < -0.4 is 4.74 Å². The third-order valence-corrected chi connectivity index (χ3v) is 3.70. The predicted octanol–water partition coefficient (Wildman–Crippen LogP) is 5.34. The first-order chi connectivity index (χ1) is 11.3. The predicted molar refractivity (Wildman–Crippen MR) is 93.2 cm³/mol. The Morgan fingerprint density at radius 2 is 1.13 bits per heavy atom. The molecule has 0 saturated heterocycles. The summed E-state index contributed by atoms with van der Waals surface area (Å²) in [7, 11) is 0. The van der Waals surface area contributed by atoms with E-state index in [4.69, 9.17) is 4.74 Å². The second-order valence-corrected chi connectivity index (χ2v) is 5.30. The van der Waals surface area contributed by atoms with E-state index < -0.39 is 0 Å². The number of benzene rings is 3. The molecule has 0 fully saturated rings. The zero-order chi connectivity index (χ0) is 16.1. The maximum atomic E-state index is 11.3. The molecule has 3 rings (SSSR count). The van der Waals surface area contributed by atoms with Crippen molar-refractivity contribution in [3.8, 4) is 28.0 Å². The Morgan fingerprint density at radius 1 is 0.696 bits per heavy atom. The van der Waals surface area contributed by atoms with Gasteiger partial charge in [0.05, 0.1) is 0 Å². The van der Waals surface area contributed by atoms with Crippen LogP contribution in [0.5, 0.6) is 5.75 Å². The standard InChI is InChI=1S/C21H18O2/c1-2-21(22)23-20-14-12-19(13-15-20)18-10-8-17(9-11-18)16-6-4-3-5-7-16/h3-15H,2H2,1H3. The molecule has 0 radical (unpaired) electrons. The van der Waals surface area contributed by atoms with Gasteiger partial charge in [0.1, 0.15) is 5.75 Å². The molecule has 0 spiro atoms. The molecule has 3 aromatic carbocycles. The minimum absolute atomic E-state index is 0.218. The number of carbonyl (C=O) groups excluding carboxylic acids is 1. The summed E-state index contributed by atoms with van der Waals surface area (Å²) in [4.78, 5) is 11.3. The SMILES string of the molecule is CCC(=O)Oc1ccc(-c2ccc(-c3ccccc3)cc2)cc1. The molecule has 0 aliphatic rings. The van der Waals surface area contributed by atoms with Gasteiger partial charge in [0.2, 0.25) is 0 Å². The van der Waals surface area contributed by atoms with Crippen LogP contribution in [0.15, 0.2) is 78.9 Å². The average molecular weight is 302 g/mol. The summed E-state index contributed by atoms with van der Waals surface area (Å²) < 4.78 is 5.19. The minimum Gasteiger partial charge on any atom is -0.427 e. The fourth-order valence-electron chi connectivity index (χ4n) is 2.40. The lowest BCUT2D eigenvalue weighted by Gasteiger charge is -2.07. The van der Waals surface area contributed by atoms with Crippen LogP contribution in [-0.4, -0.2) is 5.97 Å². The van der Waals surface area contributed by atoms with Gasteiger partial charge < -0.3 is 4.74 Å². The first kappa shape index (κ1) is 15.0. The van der Waals surface area contributed by atoms with E-state index in [9.17, 15) is 4.79 Å². The van der Waals surface area contributed by atoms with Crippen LogP contribution >= 0.6 is 0 Å². The van der Waals surface area contributed by atoms with E-state index >= 15 is 0 Å². The van der Waals surface area contributed by atoms with Crippen LogP contribution in [-0.2, 0) is 4.79 Å². The lowest BCUT2D eigenvalue weighted by molar-refractivity contribution is -0.134. The Balaban J connectivity index is 1.78. The second-order valence-electron chi connectivity index (χ2n) is 5.30. The maximum Gasteiger partial charge on any atom is 0.310 e. The molecule has 0 heterocycles. The quantitative estimate of drug-likeness (QED) is 0.480. The molecule has 0 atom stereocenters. The number of carbonyl (C=O) groups is 1. The molecule has 0 bridgehead atoms. The summed E-state index contributed by atoms with van der Waals surface area (Å²) in [5, 5.41) is 0. The van der Waals surface area contributed by atoms with Gasteiger partial charge in [-0.05, 0) is 34.4 Å². The first-order valence-corrected chi connectivity index (χ1v) is 7.73. The van der Waals surface area contributed by atoms with Crippen molar-refractivity contribution in [2.75, 3.05) is 0 Å². The van der Waals surface area contributed by atoms with E-state index in [-0.39, 0.29) is 5.97 Å². The summed E-state index contributed by atoms with van der Waals surface area (Å²) >= 11 is 0. The lowest BCUT2D eigenvalue weighted by atomic mass is 10.0. The highest BCUT2D eigenvalue weighted by Crippen LogP contribution is 2.26. The smallest absolute Gasteiger partial charge is 0.310 e. The van der Waals surface area contributed by atoms with Crippen molar-refractivity contribution < 1.29 is 9.53 Å². The van der Waals surface area contributed by atoms with Crippen molar-refractivity contribution in [1.82, 2.24) is 0 Å². The molecule has 114 valence electrons. The fraction of sp³-hybridized carbons (Fsp3) is 0.0952. The third kappa shape index (κ3) is 3.67. The lowest BCUT2D eigenvalue weighted by Crippen LogP contribution is -2.05. The van der Waals surface area contributed by atoms with Gasteiger partial charge in [0, 0.05) is 6.42 Å². The number of ether oxygens (including phenoxy) is 1. The van der Waals surface area contributed by atoms with Gasteiger partial charge in [-0.3, -0.25) is 4.79 Å². The highest BCUT2D eigenvalue weighted by atomic mass is 16.5. The molecule has 2 heteroatoms. The van der Waals surface area contributed by atoms with E-state index in [0.29, 0.717) is 12.2 Å². The molecule has 0 aromatic heterocycles. The topological polar surface area (TPSA) is 26.3 Å². The minimum atomic E-state index is -0.218. The summed E-state index contributed by atoms with van der Waals surface area (Å²) in [5.74, 6) is 0.367. The Labute approximate surface area is 136 Å². The van der Waals surface area contributed by atoms with Crippen molar-refractivity contribution in [3.05, 3.63) is 78.9 Å². The molecule has 0 saturated carbocycles. The van der Waals surface area contributed by atoms with Gasteiger partial charge in [0.15, 0.2) is 0 Å². The number of hydrogen-bond acceptors (Lipinski definition) is 2. The van der Waals surface area contributed by atoms with Crippen molar-refractivity contribution >= 4 is 5.97 Å². The Bertz CT molecular complexity index is 772. The normalized spacial score (nSPS) is 10.3. The number of esters is 1. The van der Waals surface area contributed by atoms with Crippen LogP contribution in [0.2, 0.25) is 0 Å². The zero-order valence-corrected chi connectivity index (χ0v) is 13.0. The van der Waals surface area contributed by atoms with Crippen molar-refractivity contribution in [1.29, 1.82) is 0 Å². The Morgan fingerprint density at radius 3 is 1.61 bits per heavy atom. The third-order valence-electron chi connectivity index (χ3n) is 3.70. The van der Waals surface area contributed by atoms with Gasteiger partial charge in [0.25, 0.3) is 0 Å². The molecule has 3 aromatic rings. The van der Waals surface area contributed by atoms with Gasteiger partial charge in [-0.25, -0.2) is 0 Å². The molecule has 23 heavy (non-hydrogen) atoms. The molecular formula is C21H18O2. The monoisotopic (exact) mass is 302 g/mol. The van der Waals surface area contributed by atoms with Crippen LogP contribution in [0.1, 0.15) is 13.3 Å². The molecular weight excluding hydrogens is 284 g/mol. The van der Waals surface area contributed by atoms with Crippen LogP contribution in [0.3, 0.4) is 0 Å². The van der Waals surface area contributed by atoms with Crippen LogP contribution in [0.4, 0.5) is 0 Å². The average Bonchev–Trinajstić information content (AvgIpc) is 2.63. The van der Waals surface area contributed by atoms with Crippen molar-refractivity contribution in [2.45, 2.75) is 13.3 Å². The van der Waals surface area contributed by atoms with E-state index in [1.807, 2.05) is 42.5 Å². The Hall–Kier alpha value is -2.87. The molecule has 0 unspecified atom stereocenters. The molecule has 0 aliphatic carbocycles. The number of rotatable bonds is 4. The highest BCUT2D eigenvalue weighted by Gasteiger charge is 2.03. The molecule has 0 N–H and O–H groups in total. The first-order valence-electron chi connectivity index (χ1n) is 7.73. The maximum absolute atomic E-state index is 11.3. The van der Waals surface area contributed by atoms with Crippen molar-refractivity contribution in [2.24, 2.45) is 0 Å². The van der Waals surface area contributed by atoms with E-state index in [1.54, 1.807) is 6.92 Å². The largest absolute Gasteiger partial charge is 0.427 e. The van der Waals surface area contributed by atoms with Gasteiger partial charge in [-0.1, -0.05) is 73.7 Å². The summed E-state index contributed by atoms with van der Waals surface area (Å²) in [6, 6.07) is 26.4. The van der Waals surface area contributed by atoms with Gasteiger partial charge in [-0.2, -0.15) is 0 Å². The van der Waals surface area contributed by atoms with E-state index in [0.717, 1.165) is 11.1 Å². The summed E-state index contributed by atoms with van der Waals surface area (Å²) in [6.45, 7) is 1.78. The van der Waals surface area contributed by atoms with Gasteiger partial charge in [-0.15, -0.1) is 0 Å². The summed E-state index contributed by atoms with van der Waals surface area (Å²) in [5.41, 5.74) is 4.64. The molecule has 0 aliphatic heterocycles. The molecule has 2 nitrogen and oxygen atoms in total. The van der Waals surface area contributed by atoms with E-state index in [2.05, 4.69) is 36.4 Å². The molecule has 0 amide bonds. The highest BCUT2D eigenvalue weighted by molar-refractivity contribution is 5.73. The van der Waals surface area contributed by atoms with E-state index in [1.165, 1.54) is 11.1 Å².